The number of nitrogens with one attached hydrogen (secondary N) is 1. The van der Waals surface area contributed by atoms with E-state index in [9.17, 15) is 22.8 Å². The van der Waals surface area contributed by atoms with Crippen LogP contribution in [0.2, 0.25) is 0 Å². The molecule has 2 aliphatic heterocycles. The number of likely N-dealkylation sites (N-methyl/N-ethyl adjacent to an activating group) is 1. The molecule has 2 heterocycles. The first-order valence-electron chi connectivity index (χ1n) is 12.0. The van der Waals surface area contributed by atoms with Crippen LogP contribution in [0.15, 0.2) is 18.2 Å². The first kappa shape index (κ1) is 24.4. The number of likely N-dealkylation sites (tertiary alicyclic amines) is 1. The molecular weight excluding hydrogens is 445 g/mol. The minimum atomic E-state index is -4.66. The van der Waals surface area contributed by atoms with Crippen LogP contribution in [0.3, 0.4) is 0 Å². The molecule has 6 nitrogen and oxygen atoms in total. The number of anilines is 1. The van der Waals surface area contributed by atoms with Gasteiger partial charge in [0.05, 0.1) is 17.2 Å². The molecule has 34 heavy (non-hydrogen) atoms. The fourth-order valence-corrected chi connectivity index (χ4v) is 5.95. The van der Waals surface area contributed by atoms with Crippen LogP contribution < -0.4 is 10.2 Å². The van der Waals surface area contributed by atoms with E-state index in [4.69, 9.17) is 5.26 Å². The second-order valence-corrected chi connectivity index (χ2v) is 10.0. The molecule has 1 spiro atoms. The summed E-state index contributed by atoms with van der Waals surface area (Å²) >= 11 is 0. The predicted molar refractivity (Wildman–Crippen MR) is 121 cm³/mol. The molecule has 1 unspecified atom stereocenters. The summed E-state index contributed by atoms with van der Waals surface area (Å²) in [5.41, 5.74) is -1.38. The summed E-state index contributed by atoms with van der Waals surface area (Å²) in [5, 5.41) is 11.8. The Morgan fingerprint density at radius 2 is 1.88 bits per heavy atom. The smallest absolute Gasteiger partial charge is 0.359 e. The molecule has 3 fully saturated rings. The fourth-order valence-electron chi connectivity index (χ4n) is 5.95. The zero-order chi connectivity index (χ0) is 24.5. The minimum Gasteiger partial charge on any atom is -0.359 e. The number of hydrogen-bond acceptors (Lipinski definition) is 4. The number of benzene rings is 1. The van der Waals surface area contributed by atoms with Crippen molar-refractivity contribution in [2.75, 3.05) is 31.6 Å². The van der Waals surface area contributed by atoms with Crippen LogP contribution in [0.4, 0.5) is 18.9 Å². The average molecular weight is 477 g/mol. The van der Waals surface area contributed by atoms with Gasteiger partial charge >= 0.3 is 6.18 Å². The summed E-state index contributed by atoms with van der Waals surface area (Å²) in [6.45, 7) is 1.67. The third kappa shape index (κ3) is 4.86. The number of nitrogens with zero attached hydrogens (tertiary/aromatic N) is 3. The molecule has 0 aromatic heterocycles. The second-order valence-electron chi connectivity index (χ2n) is 10.0. The Bertz CT molecular complexity index is 973. The van der Waals surface area contributed by atoms with Crippen LogP contribution >= 0.6 is 0 Å². The number of carbonyl (C=O) groups is 2. The number of rotatable bonds is 4. The van der Waals surface area contributed by atoms with Crippen LogP contribution in [0.25, 0.3) is 0 Å². The van der Waals surface area contributed by atoms with Gasteiger partial charge in [-0.1, -0.05) is 12.8 Å². The third-order valence-corrected chi connectivity index (χ3v) is 7.93. The molecule has 1 aromatic carbocycles. The highest BCUT2D eigenvalue weighted by molar-refractivity contribution is 5.86. The lowest BCUT2D eigenvalue weighted by molar-refractivity contribution is -0.137. The van der Waals surface area contributed by atoms with Gasteiger partial charge in [-0.2, -0.15) is 18.4 Å². The molecule has 1 N–H and O–H groups in total. The van der Waals surface area contributed by atoms with Crippen LogP contribution in [0, 0.1) is 22.7 Å². The van der Waals surface area contributed by atoms with Crippen LogP contribution in [-0.2, 0) is 15.8 Å². The van der Waals surface area contributed by atoms with Crippen molar-refractivity contribution in [3.05, 3.63) is 29.3 Å². The van der Waals surface area contributed by atoms with Crippen molar-refractivity contribution in [1.82, 2.24) is 10.2 Å². The number of halogens is 3. The first-order valence-corrected chi connectivity index (χ1v) is 12.0. The van der Waals surface area contributed by atoms with Gasteiger partial charge in [-0.05, 0) is 61.6 Å². The van der Waals surface area contributed by atoms with Gasteiger partial charge < -0.3 is 15.1 Å². The molecule has 1 saturated carbocycles. The van der Waals surface area contributed by atoms with Crippen molar-refractivity contribution in [3.8, 4) is 6.07 Å². The molecule has 1 aliphatic carbocycles. The highest BCUT2D eigenvalue weighted by atomic mass is 19.4. The quantitative estimate of drug-likeness (QED) is 0.710. The molecule has 2 amide bonds. The van der Waals surface area contributed by atoms with Crippen LogP contribution in [0.1, 0.15) is 62.5 Å². The molecule has 9 heteroatoms. The number of carbonyl (C=O) groups excluding carboxylic acids is 2. The summed E-state index contributed by atoms with van der Waals surface area (Å²) < 4.78 is 40.7. The Kier molecular flexibility index (Phi) is 6.79. The Morgan fingerprint density at radius 3 is 2.47 bits per heavy atom. The molecular formula is C25H31F3N4O2. The van der Waals surface area contributed by atoms with Crippen LogP contribution in [-0.4, -0.2) is 49.4 Å². The molecule has 4 rings (SSSR count). The lowest BCUT2D eigenvalue weighted by Gasteiger charge is -2.39. The molecule has 1 atom stereocenters. The van der Waals surface area contributed by atoms with E-state index < -0.39 is 23.3 Å². The summed E-state index contributed by atoms with van der Waals surface area (Å²) in [6, 6.07) is 4.65. The molecule has 2 saturated heterocycles. The van der Waals surface area contributed by atoms with E-state index in [-0.39, 0.29) is 22.9 Å². The number of amides is 2. The number of nitriles is 1. The van der Waals surface area contributed by atoms with Crippen LogP contribution in [0.5, 0.6) is 0 Å². The number of alkyl halides is 3. The topological polar surface area (TPSA) is 76.4 Å². The maximum atomic E-state index is 13.6. The van der Waals surface area contributed by atoms with Crippen molar-refractivity contribution in [2.45, 2.75) is 63.6 Å². The lowest BCUT2D eigenvalue weighted by atomic mass is 9.76. The van der Waals surface area contributed by atoms with Crippen molar-refractivity contribution in [1.29, 1.82) is 5.26 Å². The largest absolute Gasteiger partial charge is 0.417 e. The standard InChI is InChI=1S/C25H31F3N4O2/c1-30-23(34)21-14-24(8-10-31(11-9-24)22(33)12-17-4-2-3-5-17)16-32(21)19-7-6-18(15-29)20(13-19)25(26,27)28/h6-7,13,17,21H,2-5,8-12,14,16H2,1H3,(H,30,34). The van der Waals surface area contributed by atoms with E-state index >= 15 is 0 Å². The maximum absolute atomic E-state index is 13.6. The van der Waals surface area contributed by atoms with Crippen molar-refractivity contribution < 1.29 is 22.8 Å². The Hall–Kier alpha value is -2.76. The fraction of sp³-hybridized carbons (Fsp3) is 0.640. The van der Waals surface area contributed by atoms with Crippen molar-refractivity contribution in [3.63, 3.8) is 0 Å². The van der Waals surface area contributed by atoms with Gasteiger partial charge in [0, 0.05) is 38.8 Å². The van der Waals surface area contributed by atoms with Gasteiger partial charge in [-0.15, -0.1) is 0 Å². The highest BCUT2D eigenvalue weighted by Crippen LogP contribution is 2.46. The van der Waals surface area contributed by atoms with E-state index in [0.717, 1.165) is 31.7 Å². The molecule has 0 bridgehead atoms. The molecule has 1 aromatic rings. The molecule has 3 aliphatic rings. The summed E-state index contributed by atoms with van der Waals surface area (Å²) in [4.78, 5) is 29.1. The van der Waals surface area contributed by atoms with E-state index in [1.165, 1.54) is 32.0 Å². The van der Waals surface area contributed by atoms with Gasteiger partial charge in [-0.3, -0.25) is 9.59 Å². The monoisotopic (exact) mass is 476 g/mol. The zero-order valence-corrected chi connectivity index (χ0v) is 19.5. The second kappa shape index (κ2) is 9.47. The Balaban J connectivity index is 1.51. The number of hydrogen-bond donors (Lipinski definition) is 1. The molecule has 184 valence electrons. The summed E-state index contributed by atoms with van der Waals surface area (Å²) in [6.07, 6.45) is 2.54. The lowest BCUT2D eigenvalue weighted by Crippen LogP contribution is -2.44. The van der Waals surface area contributed by atoms with Gasteiger partial charge in [0.2, 0.25) is 11.8 Å². The van der Waals surface area contributed by atoms with E-state index in [1.54, 1.807) is 11.0 Å². The normalized spacial score (nSPS) is 22.7. The summed E-state index contributed by atoms with van der Waals surface area (Å²) in [5.74, 6) is 0.443. The van der Waals surface area contributed by atoms with Gasteiger partial charge in [0.15, 0.2) is 0 Å². The van der Waals surface area contributed by atoms with E-state index in [1.807, 2.05) is 4.90 Å². The molecule has 0 radical (unpaired) electrons. The highest BCUT2D eigenvalue weighted by Gasteiger charge is 2.49. The Morgan fingerprint density at radius 1 is 1.21 bits per heavy atom. The average Bonchev–Trinajstić information content (AvgIpc) is 3.46. The minimum absolute atomic E-state index is 0.196. The van der Waals surface area contributed by atoms with Gasteiger partial charge in [0.25, 0.3) is 0 Å². The Labute approximate surface area is 198 Å². The van der Waals surface area contributed by atoms with Crippen molar-refractivity contribution in [2.24, 2.45) is 11.3 Å². The maximum Gasteiger partial charge on any atom is 0.417 e. The number of piperidine rings is 1. The first-order chi connectivity index (χ1) is 16.2. The predicted octanol–water partition coefficient (Wildman–Crippen LogP) is 4.09. The summed E-state index contributed by atoms with van der Waals surface area (Å²) in [7, 11) is 1.52. The van der Waals surface area contributed by atoms with Gasteiger partial charge in [-0.25, -0.2) is 0 Å². The van der Waals surface area contributed by atoms with E-state index in [0.29, 0.717) is 38.4 Å². The van der Waals surface area contributed by atoms with E-state index in [2.05, 4.69) is 5.32 Å². The third-order valence-electron chi connectivity index (χ3n) is 7.93. The SMILES string of the molecule is CNC(=O)C1CC2(CCN(C(=O)CC3CCCC3)CC2)CN1c1ccc(C#N)c(C(F)(F)F)c1. The van der Waals surface area contributed by atoms with Gasteiger partial charge in [0.1, 0.15) is 6.04 Å². The van der Waals surface area contributed by atoms with Crippen molar-refractivity contribution >= 4 is 17.5 Å². The zero-order valence-electron chi connectivity index (χ0n) is 19.5.